The number of aliphatic imine (C=N–C) groups is 1. The van der Waals surface area contributed by atoms with Gasteiger partial charge >= 0.3 is 5.97 Å². The molecular weight excluding hydrogens is 410 g/mol. The van der Waals surface area contributed by atoms with E-state index in [2.05, 4.69) is 10.3 Å². The van der Waals surface area contributed by atoms with Crippen molar-refractivity contribution in [1.29, 1.82) is 0 Å². The van der Waals surface area contributed by atoms with Crippen molar-refractivity contribution in [2.45, 2.75) is 33.2 Å². The maximum atomic E-state index is 12.6. The number of hydrogen-bond acceptors (Lipinski definition) is 6. The highest BCUT2D eigenvalue weighted by Crippen LogP contribution is 2.46. The van der Waals surface area contributed by atoms with Crippen molar-refractivity contribution in [1.82, 2.24) is 10.2 Å². The Balaban J connectivity index is 2.00. The molecule has 1 amide bonds. The Morgan fingerprint density at radius 2 is 2.07 bits per heavy atom. The number of amides is 1. The minimum Gasteiger partial charge on any atom is -0.466 e. The third-order valence-corrected chi connectivity index (χ3v) is 5.89. The molecule has 1 N–H and O–H groups in total. The van der Waals surface area contributed by atoms with E-state index in [-0.39, 0.29) is 12.3 Å². The van der Waals surface area contributed by atoms with Crippen LogP contribution < -0.4 is 5.32 Å². The van der Waals surface area contributed by atoms with Crippen LogP contribution in [0.3, 0.4) is 0 Å². The third-order valence-electron chi connectivity index (χ3n) is 4.65. The third kappa shape index (κ3) is 4.51. The molecule has 0 saturated carbocycles. The molecule has 154 valence electrons. The summed E-state index contributed by atoms with van der Waals surface area (Å²) in [5, 5.41) is 6.10. The van der Waals surface area contributed by atoms with E-state index >= 15 is 0 Å². The van der Waals surface area contributed by atoms with Gasteiger partial charge in [-0.05, 0) is 29.9 Å². The molecule has 0 spiro atoms. The van der Waals surface area contributed by atoms with Crippen LogP contribution in [0.15, 0.2) is 51.6 Å². The minimum absolute atomic E-state index is 0.0735. The summed E-state index contributed by atoms with van der Waals surface area (Å²) in [7, 11) is 1.35. The van der Waals surface area contributed by atoms with Crippen LogP contribution in [0.1, 0.15) is 38.8 Å². The van der Waals surface area contributed by atoms with E-state index in [1.165, 1.54) is 18.9 Å². The lowest BCUT2D eigenvalue weighted by atomic mass is 9.94. The van der Waals surface area contributed by atoms with Gasteiger partial charge in [0, 0.05) is 17.3 Å². The summed E-state index contributed by atoms with van der Waals surface area (Å²) in [5.74, 6) is -0.170. The zero-order valence-corrected chi connectivity index (χ0v) is 18.4. The van der Waals surface area contributed by atoms with E-state index in [0.29, 0.717) is 33.9 Å². The first kappa shape index (κ1) is 21.5. The summed E-state index contributed by atoms with van der Waals surface area (Å²) in [5.41, 5.74) is 2.53. The number of benzene rings is 1. The monoisotopic (exact) mass is 433 g/mol. The summed E-state index contributed by atoms with van der Waals surface area (Å²) in [6, 6.07) is 6.87. The van der Waals surface area contributed by atoms with E-state index in [1.54, 1.807) is 13.0 Å². The maximum absolute atomic E-state index is 12.6. The summed E-state index contributed by atoms with van der Waals surface area (Å²) >= 11 is 7.93. The predicted octanol–water partition coefficient (Wildman–Crippen LogP) is 4.25. The normalized spacial score (nSPS) is 18.4. The standard InChI is InChI=1S/C21H24ClN3O3S/c1-12(2)10-23-17(26)9-14-11-29-21-24-13(3)18(20(27)28-4)19(25(14)21)15-7-5-6-8-16(15)22/h5-8,11-12,19H,9-10H2,1-4H3,(H,23,26). The van der Waals surface area contributed by atoms with Crippen molar-refractivity contribution >= 4 is 40.4 Å². The van der Waals surface area contributed by atoms with E-state index < -0.39 is 12.0 Å². The van der Waals surface area contributed by atoms with Crippen LogP contribution in [-0.2, 0) is 14.3 Å². The number of hydrogen-bond donors (Lipinski definition) is 1. The van der Waals surface area contributed by atoms with Crippen molar-refractivity contribution < 1.29 is 14.3 Å². The average molecular weight is 434 g/mol. The van der Waals surface area contributed by atoms with Crippen LogP contribution in [0.5, 0.6) is 0 Å². The number of carbonyl (C=O) groups excluding carboxylic acids is 2. The van der Waals surface area contributed by atoms with Gasteiger partial charge in [-0.15, -0.1) is 0 Å². The van der Waals surface area contributed by atoms with Crippen molar-refractivity contribution in [3.05, 3.63) is 57.2 Å². The van der Waals surface area contributed by atoms with Gasteiger partial charge < -0.3 is 15.0 Å². The molecule has 1 atom stereocenters. The number of nitrogens with one attached hydrogen (secondary N) is 1. The number of rotatable bonds is 6. The van der Waals surface area contributed by atoms with Crippen molar-refractivity contribution in [2.75, 3.05) is 13.7 Å². The number of amidine groups is 1. The highest BCUT2D eigenvalue weighted by molar-refractivity contribution is 8.16. The second-order valence-electron chi connectivity index (χ2n) is 7.28. The van der Waals surface area contributed by atoms with E-state index in [0.717, 1.165) is 11.3 Å². The SMILES string of the molecule is COC(=O)C1=C(C)N=C2SC=C(CC(=O)NCC(C)C)N2C1c1ccccc1Cl. The highest BCUT2D eigenvalue weighted by Gasteiger charge is 2.41. The van der Waals surface area contributed by atoms with E-state index in [1.807, 2.05) is 42.4 Å². The lowest BCUT2D eigenvalue weighted by Gasteiger charge is -2.36. The lowest BCUT2D eigenvalue weighted by molar-refractivity contribution is -0.136. The first-order chi connectivity index (χ1) is 13.8. The number of halogens is 1. The number of esters is 1. The van der Waals surface area contributed by atoms with Gasteiger partial charge in [-0.1, -0.05) is 55.4 Å². The molecular formula is C21H24ClN3O3S. The molecule has 2 heterocycles. The molecule has 2 aliphatic rings. The molecule has 0 aromatic heterocycles. The molecule has 1 aromatic rings. The Kier molecular flexibility index (Phi) is 6.70. The van der Waals surface area contributed by atoms with Gasteiger partial charge in [0.1, 0.15) is 0 Å². The molecule has 1 unspecified atom stereocenters. The lowest BCUT2D eigenvalue weighted by Crippen LogP contribution is -2.38. The molecule has 29 heavy (non-hydrogen) atoms. The largest absolute Gasteiger partial charge is 0.466 e. The molecule has 0 bridgehead atoms. The van der Waals surface area contributed by atoms with Crippen LogP contribution in [0, 0.1) is 5.92 Å². The molecule has 8 heteroatoms. The van der Waals surface area contributed by atoms with Crippen LogP contribution in [-0.4, -0.2) is 35.6 Å². The van der Waals surface area contributed by atoms with Crippen molar-refractivity contribution in [3.63, 3.8) is 0 Å². The number of nitrogens with zero attached hydrogens (tertiary/aromatic N) is 2. The zero-order chi connectivity index (χ0) is 21.1. The smallest absolute Gasteiger partial charge is 0.338 e. The van der Waals surface area contributed by atoms with Gasteiger partial charge in [0.05, 0.1) is 30.8 Å². The molecule has 0 aliphatic carbocycles. The zero-order valence-electron chi connectivity index (χ0n) is 16.9. The number of thioether (sulfide) groups is 1. The van der Waals surface area contributed by atoms with Crippen LogP contribution >= 0.6 is 23.4 Å². The Labute approximate surface area is 180 Å². The first-order valence-electron chi connectivity index (χ1n) is 9.37. The van der Waals surface area contributed by atoms with E-state index in [9.17, 15) is 9.59 Å². The number of methoxy groups -OCH3 is 1. The van der Waals surface area contributed by atoms with Gasteiger partial charge in [0.25, 0.3) is 0 Å². The Hall–Kier alpha value is -2.25. The summed E-state index contributed by atoms with van der Waals surface area (Å²) in [6.07, 6.45) is 0.188. The number of carbonyl (C=O) groups is 2. The fourth-order valence-corrected chi connectivity index (χ4v) is 4.48. The second-order valence-corrected chi connectivity index (χ2v) is 8.52. The van der Waals surface area contributed by atoms with E-state index in [4.69, 9.17) is 16.3 Å². The van der Waals surface area contributed by atoms with Gasteiger partial charge in [-0.2, -0.15) is 0 Å². The van der Waals surface area contributed by atoms with Crippen LogP contribution in [0.25, 0.3) is 0 Å². The molecule has 1 aromatic carbocycles. The molecule has 0 saturated heterocycles. The van der Waals surface area contributed by atoms with Gasteiger partial charge in [0.15, 0.2) is 5.17 Å². The molecule has 3 rings (SSSR count). The molecule has 0 radical (unpaired) electrons. The van der Waals surface area contributed by atoms with Gasteiger partial charge in [0.2, 0.25) is 5.91 Å². The van der Waals surface area contributed by atoms with Crippen LogP contribution in [0.2, 0.25) is 5.02 Å². The summed E-state index contributed by atoms with van der Waals surface area (Å²) in [4.78, 5) is 31.6. The second kappa shape index (κ2) is 9.05. The fraction of sp³-hybridized carbons (Fsp3) is 0.381. The maximum Gasteiger partial charge on any atom is 0.338 e. The number of fused-ring (bicyclic) bond motifs is 1. The summed E-state index contributed by atoms with van der Waals surface area (Å²) in [6.45, 7) is 6.49. The summed E-state index contributed by atoms with van der Waals surface area (Å²) < 4.78 is 5.04. The fourth-order valence-electron chi connectivity index (χ4n) is 3.28. The first-order valence-corrected chi connectivity index (χ1v) is 10.6. The van der Waals surface area contributed by atoms with Crippen LogP contribution in [0.4, 0.5) is 0 Å². The van der Waals surface area contributed by atoms with Crippen molar-refractivity contribution in [3.8, 4) is 0 Å². The van der Waals surface area contributed by atoms with Gasteiger partial charge in [-0.25, -0.2) is 9.79 Å². The Bertz CT molecular complexity index is 924. The Morgan fingerprint density at radius 1 is 1.34 bits per heavy atom. The Morgan fingerprint density at radius 3 is 2.72 bits per heavy atom. The topological polar surface area (TPSA) is 71.0 Å². The molecule has 2 aliphatic heterocycles. The average Bonchev–Trinajstić information content (AvgIpc) is 3.07. The predicted molar refractivity (Wildman–Crippen MR) is 116 cm³/mol. The number of ether oxygens (including phenoxy) is 1. The van der Waals surface area contributed by atoms with Crippen molar-refractivity contribution in [2.24, 2.45) is 10.9 Å². The quantitative estimate of drug-likeness (QED) is 0.679. The number of allylic oxidation sites excluding steroid dienone is 1. The van der Waals surface area contributed by atoms with Gasteiger partial charge in [-0.3, -0.25) is 4.79 Å². The highest BCUT2D eigenvalue weighted by atomic mass is 35.5. The molecule has 6 nitrogen and oxygen atoms in total. The molecule has 0 fully saturated rings. The minimum atomic E-state index is -0.511.